The van der Waals surface area contributed by atoms with Crippen LogP contribution < -0.4 is 10.3 Å². The topological polar surface area (TPSA) is 71.6 Å². The molecule has 3 heterocycles. The van der Waals surface area contributed by atoms with Crippen LogP contribution >= 0.6 is 11.6 Å². The molecule has 154 valence electrons. The van der Waals surface area contributed by atoms with E-state index in [2.05, 4.69) is 4.98 Å². The first-order chi connectivity index (χ1) is 13.9. The first kappa shape index (κ1) is 20.0. The maximum atomic E-state index is 13.2. The Morgan fingerprint density at radius 3 is 2.86 bits per heavy atom. The highest BCUT2D eigenvalue weighted by atomic mass is 35.5. The number of hydrogen-bond donors (Lipinski definition) is 1. The molecular weight excluding hydrogens is 392 g/mol. The van der Waals surface area contributed by atoms with Gasteiger partial charge in [-0.15, -0.1) is 0 Å². The van der Waals surface area contributed by atoms with Crippen molar-refractivity contribution in [3.63, 3.8) is 0 Å². The molecule has 2 aliphatic rings. The number of aromatic amines is 1. The summed E-state index contributed by atoms with van der Waals surface area (Å²) in [7, 11) is 0. The van der Waals surface area contributed by atoms with E-state index >= 15 is 0 Å². The molecule has 2 aliphatic heterocycles. The molecule has 6 nitrogen and oxygen atoms in total. The number of hydrogen-bond acceptors (Lipinski definition) is 4. The van der Waals surface area contributed by atoms with Gasteiger partial charge in [-0.1, -0.05) is 17.7 Å². The molecule has 4 rings (SSSR count). The Kier molecular flexibility index (Phi) is 5.65. The van der Waals surface area contributed by atoms with Gasteiger partial charge < -0.3 is 19.4 Å². The molecule has 0 radical (unpaired) electrons. The van der Waals surface area contributed by atoms with Crippen LogP contribution in [0.2, 0.25) is 5.02 Å². The van der Waals surface area contributed by atoms with Crippen LogP contribution in [0.4, 0.5) is 0 Å². The number of amides is 1. The Morgan fingerprint density at radius 1 is 1.31 bits per heavy atom. The van der Waals surface area contributed by atoms with Crippen LogP contribution in [0, 0.1) is 13.8 Å². The molecule has 1 atom stereocenters. The van der Waals surface area contributed by atoms with Crippen molar-refractivity contribution in [2.24, 2.45) is 0 Å². The molecule has 0 saturated carbocycles. The molecule has 1 aromatic carbocycles. The number of aromatic nitrogens is 1. The van der Waals surface area contributed by atoms with Crippen molar-refractivity contribution in [3.05, 3.63) is 61.5 Å². The number of nitrogens with one attached hydrogen (secondary N) is 1. The van der Waals surface area contributed by atoms with Gasteiger partial charge in [0.25, 0.3) is 11.5 Å². The maximum Gasteiger partial charge on any atom is 0.256 e. The van der Waals surface area contributed by atoms with E-state index in [1.807, 2.05) is 32.0 Å². The van der Waals surface area contributed by atoms with Crippen molar-refractivity contribution in [1.82, 2.24) is 9.88 Å². The minimum Gasteiger partial charge on any atom is -0.486 e. The molecule has 0 spiro atoms. The number of fused-ring (bicyclic) bond motifs is 1. The van der Waals surface area contributed by atoms with Crippen molar-refractivity contribution >= 4 is 17.5 Å². The van der Waals surface area contributed by atoms with E-state index in [0.29, 0.717) is 41.5 Å². The molecule has 29 heavy (non-hydrogen) atoms. The molecule has 0 unspecified atom stereocenters. The fraction of sp³-hybridized carbons (Fsp3) is 0.455. The SMILES string of the molecule is Cc1cc(C)c(CN2CCc3ccc(O[C@H]4CCCOC4)c(Cl)c3C2=O)c(=O)[nH]1. The quantitative estimate of drug-likeness (QED) is 0.829. The van der Waals surface area contributed by atoms with Crippen LogP contribution in [0.15, 0.2) is 23.0 Å². The number of pyridine rings is 1. The first-order valence-corrected chi connectivity index (χ1v) is 10.4. The van der Waals surface area contributed by atoms with E-state index < -0.39 is 0 Å². The number of aryl methyl sites for hydroxylation is 2. The molecule has 2 aromatic rings. The molecule has 1 fully saturated rings. The van der Waals surface area contributed by atoms with Crippen molar-refractivity contribution in [2.45, 2.75) is 45.8 Å². The molecule has 1 saturated heterocycles. The van der Waals surface area contributed by atoms with Gasteiger partial charge in [0.05, 0.1) is 23.7 Å². The number of ether oxygens (including phenoxy) is 2. The van der Waals surface area contributed by atoms with E-state index in [4.69, 9.17) is 21.1 Å². The highest BCUT2D eigenvalue weighted by Crippen LogP contribution is 2.35. The zero-order chi connectivity index (χ0) is 20.5. The monoisotopic (exact) mass is 416 g/mol. The van der Waals surface area contributed by atoms with Gasteiger partial charge in [0.15, 0.2) is 0 Å². The summed E-state index contributed by atoms with van der Waals surface area (Å²) in [4.78, 5) is 30.1. The minimum atomic E-state index is -0.166. The summed E-state index contributed by atoms with van der Waals surface area (Å²) in [5.74, 6) is 0.349. The van der Waals surface area contributed by atoms with Crippen LogP contribution in [0.25, 0.3) is 0 Å². The average Bonchev–Trinajstić information content (AvgIpc) is 2.69. The molecule has 0 aliphatic carbocycles. The van der Waals surface area contributed by atoms with Crippen molar-refractivity contribution in [3.8, 4) is 5.75 Å². The van der Waals surface area contributed by atoms with E-state index in [1.165, 1.54) is 0 Å². The van der Waals surface area contributed by atoms with E-state index in [-0.39, 0.29) is 24.1 Å². The third-order valence-corrected chi connectivity index (χ3v) is 5.98. The van der Waals surface area contributed by atoms with Crippen molar-refractivity contribution < 1.29 is 14.3 Å². The predicted molar refractivity (Wildman–Crippen MR) is 111 cm³/mol. The number of carbonyl (C=O) groups is 1. The average molecular weight is 417 g/mol. The lowest BCUT2D eigenvalue weighted by Gasteiger charge is -2.30. The highest BCUT2D eigenvalue weighted by molar-refractivity contribution is 6.35. The van der Waals surface area contributed by atoms with Crippen LogP contribution in [-0.4, -0.2) is 41.7 Å². The van der Waals surface area contributed by atoms with E-state index in [9.17, 15) is 9.59 Å². The van der Waals surface area contributed by atoms with Crippen LogP contribution in [0.3, 0.4) is 0 Å². The lowest BCUT2D eigenvalue weighted by Crippen LogP contribution is -2.39. The number of rotatable bonds is 4. The van der Waals surface area contributed by atoms with Gasteiger partial charge in [-0.05, 0) is 56.4 Å². The zero-order valence-electron chi connectivity index (χ0n) is 16.7. The van der Waals surface area contributed by atoms with Gasteiger partial charge in [0, 0.05) is 24.4 Å². The standard InChI is InChI=1S/C22H25ClN2O4/c1-13-10-14(2)24-21(26)17(13)11-25-8-7-15-5-6-18(20(23)19(15)22(25)27)29-16-4-3-9-28-12-16/h5-6,10,16H,3-4,7-9,11-12H2,1-2H3,(H,24,26)/t16-/m0/s1. The van der Waals surface area contributed by atoms with Gasteiger partial charge in [0.1, 0.15) is 11.9 Å². The van der Waals surface area contributed by atoms with Gasteiger partial charge in [0.2, 0.25) is 0 Å². The largest absolute Gasteiger partial charge is 0.486 e. The minimum absolute atomic E-state index is 0.0529. The van der Waals surface area contributed by atoms with Crippen LogP contribution in [0.1, 0.15) is 45.6 Å². The molecule has 1 aromatic heterocycles. The van der Waals surface area contributed by atoms with Crippen LogP contribution in [-0.2, 0) is 17.7 Å². The number of carbonyl (C=O) groups excluding carboxylic acids is 1. The summed E-state index contributed by atoms with van der Waals surface area (Å²) < 4.78 is 11.5. The molecule has 7 heteroatoms. The highest BCUT2D eigenvalue weighted by Gasteiger charge is 2.30. The summed E-state index contributed by atoms with van der Waals surface area (Å²) in [5.41, 5.74) is 3.54. The molecule has 1 N–H and O–H groups in total. The summed E-state index contributed by atoms with van der Waals surface area (Å²) in [6.07, 6.45) is 2.49. The Balaban J connectivity index is 1.59. The van der Waals surface area contributed by atoms with E-state index in [0.717, 1.165) is 36.3 Å². The first-order valence-electron chi connectivity index (χ1n) is 9.98. The number of nitrogens with zero attached hydrogens (tertiary/aromatic N) is 1. The number of H-pyrrole nitrogens is 1. The summed E-state index contributed by atoms with van der Waals surface area (Å²) >= 11 is 6.61. The second-order valence-electron chi connectivity index (χ2n) is 7.79. The summed E-state index contributed by atoms with van der Waals surface area (Å²) in [5, 5.41) is 0.345. The smallest absolute Gasteiger partial charge is 0.256 e. The normalized spacial score (nSPS) is 19.2. The van der Waals surface area contributed by atoms with Gasteiger partial charge >= 0.3 is 0 Å². The third kappa shape index (κ3) is 4.05. The Labute approximate surface area is 174 Å². The fourth-order valence-electron chi connectivity index (χ4n) is 4.05. The fourth-order valence-corrected chi connectivity index (χ4v) is 4.36. The zero-order valence-corrected chi connectivity index (χ0v) is 17.5. The molecule has 0 bridgehead atoms. The Hall–Kier alpha value is -2.31. The van der Waals surface area contributed by atoms with Crippen molar-refractivity contribution in [2.75, 3.05) is 19.8 Å². The predicted octanol–water partition coefficient (Wildman–Crippen LogP) is 3.40. The van der Waals surface area contributed by atoms with Gasteiger partial charge in [-0.2, -0.15) is 0 Å². The van der Waals surface area contributed by atoms with Gasteiger partial charge in [-0.25, -0.2) is 0 Å². The molecule has 1 amide bonds. The summed E-state index contributed by atoms with van der Waals surface area (Å²) in [6, 6.07) is 5.68. The molecular formula is C22H25ClN2O4. The second kappa shape index (κ2) is 8.20. The number of halogens is 1. The number of benzene rings is 1. The third-order valence-electron chi connectivity index (χ3n) is 5.60. The Bertz CT molecular complexity index is 995. The second-order valence-corrected chi connectivity index (χ2v) is 8.17. The van der Waals surface area contributed by atoms with Crippen molar-refractivity contribution in [1.29, 1.82) is 0 Å². The lowest BCUT2D eigenvalue weighted by molar-refractivity contribution is 0.00741. The lowest BCUT2D eigenvalue weighted by atomic mass is 9.97. The Morgan fingerprint density at radius 2 is 2.14 bits per heavy atom. The maximum absolute atomic E-state index is 13.2. The van der Waals surface area contributed by atoms with Gasteiger partial charge in [-0.3, -0.25) is 9.59 Å². The van der Waals surface area contributed by atoms with Crippen LogP contribution in [0.5, 0.6) is 5.75 Å². The van der Waals surface area contributed by atoms with E-state index in [1.54, 1.807) is 4.90 Å². The summed E-state index contributed by atoms with van der Waals surface area (Å²) in [6.45, 7) is 5.83.